The second-order valence-electron chi connectivity index (χ2n) is 5.29. The molecule has 0 saturated carbocycles. The molecule has 118 valence electrons. The largest absolute Gasteiger partial charge is 0.274 e. The number of benzene rings is 2. The van der Waals surface area contributed by atoms with Crippen LogP contribution in [0.15, 0.2) is 59.5 Å². The van der Waals surface area contributed by atoms with Crippen LogP contribution in [0.5, 0.6) is 0 Å². The maximum atomic E-state index is 12.2. The molecular formula is C17H15NO4S. The molecule has 0 aliphatic carbocycles. The third-order valence-corrected chi connectivity index (χ3v) is 5.59. The van der Waals surface area contributed by atoms with Crippen LogP contribution >= 0.6 is 0 Å². The lowest BCUT2D eigenvalue weighted by Crippen LogP contribution is -2.31. The molecule has 2 amide bonds. The Kier molecular flexibility index (Phi) is 4.00. The van der Waals surface area contributed by atoms with Crippen molar-refractivity contribution in [2.75, 3.05) is 12.3 Å². The van der Waals surface area contributed by atoms with Gasteiger partial charge in [-0.15, -0.1) is 0 Å². The Balaban J connectivity index is 1.67. The van der Waals surface area contributed by atoms with E-state index < -0.39 is 9.84 Å². The lowest BCUT2D eigenvalue weighted by atomic mass is 10.1. The van der Waals surface area contributed by atoms with Crippen molar-refractivity contribution in [1.82, 2.24) is 4.90 Å². The minimum Gasteiger partial charge on any atom is -0.274 e. The smallest absolute Gasteiger partial charge is 0.261 e. The Labute approximate surface area is 134 Å². The SMILES string of the molecule is O=C1c2ccccc2C(=O)N1CCCS(=O)(=O)c1ccccc1. The van der Waals surface area contributed by atoms with Gasteiger partial charge in [0.25, 0.3) is 11.8 Å². The maximum Gasteiger partial charge on any atom is 0.261 e. The van der Waals surface area contributed by atoms with Crippen LogP contribution in [-0.2, 0) is 9.84 Å². The van der Waals surface area contributed by atoms with Gasteiger partial charge in [0.2, 0.25) is 0 Å². The average Bonchev–Trinajstić information content (AvgIpc) is 2.81. The Bertz CT molecular complexity index is 824. The second kappa shape index (κ2) is 5.96. The van der Waals surface area contributed by atoms with Crippen molar-refractivity contribution < 1.29 is 18.0 Å². The third-order valence-electron chi connectivity index (χ3n) is 3.78. The Hall–Kier alpha value is -2.47. The van der Waals surface area contributed by atoms with Gasteiger partial charge in [0, 0.05) is 6.54 Å². The van der Waals surface area contributed by atoms with Crippen molar-refractivity contribution in [3.63, 3.8) is 0 Å². The van der Waals surface area contributed by atoms with Gasteiger partial charge in [-0.3, -0.25) is 14.5 Å². The molecule has 0 aromatic heterocycles. The predicted molar refractivity (Wildman–Crippen MR) is 84.9 cm³/mol. The molecule has 23 heavy (non-hydrogen) atoms. The fourth-order valence-electron chi connectivity index (χ4n) is 2.60. The number of hydrogen-bond donors (Lipinski definition) is 0. The van der Waals surface area contributed by atoms with E-state index in [1.165, 1.54) is 12.1 Å². The number of fused-ring (bicyclic) bond motifs is 1. The summed E-state index contributed by atoms with van der Waals surface area (Å²) in [6.07, 6.45) is 0.211. The summed E-state index contributed by atoms with van der Waals surface area (Å²) in [6, 6.07) is 14.8. The highest BCUT2D eigenvalue weighted by atomic mass is 32.2. The average molecular weight is 329 g/mol. The van der Waals surface area contributed by atoms with E-state index in [4.69, 9.17) is 0 Å². The first-order valence-electron chi connectivity index (χ1n) is 7.24. The summed E-state index contributed by atoms with van der Waals surface area (Å²) >= 11 is 0. The summed E-state index contributed by atoms with van der Waals surface area (Å²) < 4.78 is 24.4. The molecule has 1 heterocycles. The fraction of sp³-hybridized carbons (Fsp3) is 0.176. The second-order valence-corrected chi connectivity index (χ2v) is 7.40. The van der Waals surface area contributed by atoms with Crippen LogP contribution in [0.1, 0.15) is 27.1 Å². The number of carbonyl (C=O) groups excluding carboxylic acids is 2. The molecule has 0 unspecified atom stereocenters. The van der Waals surface area contributed by atoms with Crippen molar-refractivity contribution in [1.29, 1.82) is 0 Å². The predicted octanol–water partition coefficient (Wildman–Crippen LogP) is 2.15. The van der Waals surface area contributed by atoms with Gasteiger partial charge in [-0.2, -0.15) is 0 Å². The molecule has 2 aromatic carbocycles. The molecule has 5 nitrogen and oxygen atoms in total. The van der Waals surface area contributed by atoms with E-state index in [1.807, 2.05) is 0 Å². The van der Waals surface area contributed by atoms with Crippen LogP contribution in [-0.4, -0.2) is 37.4 Å². The van der Waals surface area contributed by atoms with Crippen LogP contribution in [0.25, 0.3) is 0 Å². The molecule has 3 rings (SSSR count). The van der Waals surface area contributed by atoms with E-state index in [0.717, 1.165) is 4.90 Å². The van der Waals surface area contributed by atoms with E-state index in [1.54, 1.807) is 42.5 Å². The van der Waals surface area contributed by atoms with Crippen molar-refractivity contribution in [2.45, 2.75) is 11.3 Å². The minimum atomic E-state index is -3.40. The maximum absolute atomic E-state index is 12.2. The molecule has 1 aliphatic rings. The highest BCUT2D eigenvalue weighted by Crippen LogP contribution is 2.22. The minimum absolute atomic E-state index is 0.0956. The summed E-state index contributed by atoms with van der Waals surface area (Å²) in [5.74, 6) is -0.824. The molecule has 0 fully saturated rings. The normalized spacial score (nSPS) is 14.2. The van der Waals surface area contributed by atoms with Crippen molar-refractivity contribution in [3.8, 4) is 0 Å². The number of hydrogen-bond acceptors (Lipinski definition) is 4. The lowest BCUT2D eigenvalue weighted by molar-refractivity contribution is 0.0654. The number of nitrogens with zero attached hydrogens (tertiary/aromatic N) is 1. The summed E-state index contributed by atoms with van der Waals surface area (Å²) in [4.78, 5) is 25.7. The van der Waals surface area contributed by atoms with Gasteiger partial charge < -0.3 is 0 Å². The van der Waals surface area contributed by atoms with Gasteiger partial charge in [0.05, 0.1) is 21.8 Å². The lowest BCUT2D eigenvalue weighted by Gasteiger charge is -2.13. The zero-order valence-electron chi connectivity index (χ0n) is 12.3. The molecule has 6 heteroatoms. The summed E-state index contributed by atoms with van der Waals surface area (Å²) in [6.45, 7) is 0.0956. The highest BCUT2D eigenvalue weighted by molar-refractivity contribution is 7.91. The molecule has 0 saturated heterocycles. The standard InChI is InChI=1S/C17H15NO4S/c19-16-14-9-4-5-10-15(14)17(20)18(16)11-6-12-23(21,22)13-7-2-1-3-8-13/h1-5,7-10H,6,11-12H2. The van der Waals surface area contributed by atoms with Crippen molar-refractivity contribution in [2.24, 2.45) is 0 Å². The van der Waals surface area contributed by atoms with Gasteiger partial charge >= 0.3 is 0 Å². The van der Waals surface area contributed by atoms with Gasteiger partial charge in [-0.05, 0) is 30.7 Å². The van der Waals surface area contributed by atoms with Crippen LogP contribution in [0.4, 0.5) is 0 Å². The first-order valence-corrected chi connectivity index (χ1v) is 8.89. The zero-order valence-corrected chi connectivity index (χ0v) is 13.1. The van der Waals surface area contributed by atoms with E-state index >= 15 is 0 Å². The third kappa shape index (κ3) is 2.90. The monoisotopic (exact) mass is 329 g/mol. The van der Waals surface area contributed by atoms with E-state index in [-0.39, 0.29) is 35.4 Å². The van der Waals surface area contributed by atoms with E-state index in [2.05, 4.69) is 0 Å². The summed E-state index contributed by atoms with van der Waals surface area (Å²) in [5, 5.41) is 0. The topological polar surface area (TPSA) is 71.5 Å². The van der Waals surface area contributed by atoms with Crippen LogP contribution in [0.3, 0.4) is 0 Å². The number of sulfone groups is 1. The summed E-state index contributed by atoms with van der Waals surface area (Å²) in [5.41, 5.74) is 0.756. The van der Waals surface area contributed by atoms with Gasteiger partial charge in [-0.25, -0.2) is 8.42 Å². The molecule has 0 atom stereocenters. The quantitative estimate of drug-likeness (QED) is 0.788. The van der Waals surface area contributed by atoms with Crippen LogP contribution in [0, 0.1) is 0 Å². The van der Waals surface area contributed by atoms with E-state index in [0.29, 0.717) is 11.1 Å². The van der Waals surface area contributed by atoms with Crippen LogP contribution < -0.4 is 0 Å². The Morgan fingerprint density at radius 2 is 1.30 bits per heavy atom. The first-order chi connectivity index (χ1) is 11.0. The molecule has 1 aliphatic heterocycles. The molecule has 0 spiro atoms. The molecule has 2 aromatic rings. The van der Waals surface area contributed by atoms with Gasteiger partial charge in [-0.1, -0.05) is 30.3 Å². The molecule has 0 radical (unpaired) electrons. The zero-order chi connectivity index (χ0) is 16.4. The van der Waals surface area contributed by atoms with Gasteiger partial charge in [0.1, 0.15) is 0 Å². The number of imide groups is 1. The van der Waals surface area contributed by atoms with Gasteiger partial charge in [0.15, 0.2) is 9.84 Å². The van der Waals surface area contributed by atoms with E-state index in [9.17, 15) is 18.0 Å². The van der Waals surface area contributed by atoms with Crippen molar-refractivity contribution >= 4 is 21.7 Å². The summed E-state index contributed by atoms with van der Waals surface area (Å²) in [7, 11) is -3.40. The first kappa shape index (κ1) is 15.4. The fourth-order valence-corrected chi connectivity index (χ4v) is 3.92. The Morgan fingerprint density at radius 3 is 1.87 bits per heavy atom. The number of amides is 2. The number of rotatable bonds is 5. The number of carbonyl (C=O) groups is 2. The van der Waals surface area contributed by atoms with Crippen LogP contribution in [0.2, 0.25) is 0 Å². The molecule has 0 N–H and O–H groups in total. The molecule has 0 bridgehead atoms. The Morgan fingerprint density at radius 1 is 0.783 bits per heavy atom. The highest BCUT2D eigenvalue weighted by Gasteiger charge is 2.34. The molecular weight excluding hydrogens is 314 g/mol. The van der Waals surface area contributed by atoms with Crippen molar-refractivity contribution in [3.05, 3.63) is 65.7 Å².